The van der Waals surface area contributed by atoms with E-state index >= 15 is 0 Å². The molecule has 0 atom stereocenters. The predicted molar refractivity (Wildman–Crippen MR) is 111 cm³/mol. The second kappa shape index (κ2) is 11.7. The van der Waals surface area contributed by atoms with Gasteiger partial charge in [0.2, 0.25) is 5.91 Å². The fraction of sp³-hybridized carbons (Fsp3) is 0.318. The number of carbonyl (C=O) groups excluding carboxylic acids is 1. The van der Waals surface area contributed by atoms with Crippen molar-refractivity contribution in [2.75, 3.05) is 33.9 Å². The molecule has 0 saturated heterocycles. The Hall–Kier alpha value is -2.99. The largest absolute Gasteiger partial charge is 0.508 e. The molecular formula is C22H28N2O4. The van der Waals surface area contributed by atoms with Gasteiger partial charge >= 0.3 is 0 Å². The number of rotatable bonds is 11. The minimum Gasteiger partial charge on any atom is -0.508 e. The van der Waals surface area contributed by atoms with Gasteiger partial charge in [-0.1, -0.05) is 18.2 Å². The number of phenols is 1. The molecule has 0 bridgehead atoms. The van der Waals surface area contributed by atoms with E-state index in [1.165, 1.54) is 6.08 Å². The highest BCUT2D eigenvalue weighted by molar-refractivity contribution is 5.91. The summed E-state index contributed by atoms with van der Waals surface area (Å²) >= 11 is 0. The molecule has 0 saturated carbocycles. The lowest BCUT2D eigenvalue weighted by Crippen LogP contribution is -2.23. The lowest BCUT2D eigenvalue weighted by molar-refractivity contribution is -0.116. The summed E-state index contributed by atoms with van der Waals surface area (Å²) in [6.45, 7) is 1.99. The smallest absolute Gasteiger partial charge is 0.244 e. The predicted octanol–water partition coefficient (Wildman–Crippen LogP) is 2.76. The number of aromatic hydroxyl groups is 1. The van der Waals surface area contributed by atoms with Gasteiger partial charge in [-0.3, -0.25) is 4.79 Å². The van der Waals surface area contributed by atoms with Crippen molar-refractivity contribution in [3.8, 4) is 17.2 Å². The number of benzene rings is 2. The molecule has 2 aromatic carbocycles. The molecule has 0 aliphatic heterocycles. The van der Waals surface area contributed by atoms with Crippen molar-refractivity contribution in [3.05, 3.63) is 59.7 Å². The summed E-state index contributed by atoms with van der Waals surface area (Å²) in [5, 5.41) is 15.2. The summed E-state index contributed by atoms with van der Waals surface area (Å²) in [6, 6.07) is 12.5. The van der Waals surface area contributed by atoms with Crippen molar-refractivity contribution < 1.29 is 19.4 Å². The van der Waals surface area contributed by atoms with Crippen LogP contribution >= 0.6 is 0 Å². The van der Waals surface area contributed by atoms with Crippen LogP contribution in [-0.4, -0.2) is 44.9 Å². The van der Waals surface area contributed by atoms with E-state index in [2.05, 4.69) is 10.6 Å². The van der Waals surface area contributed by atoms with Gasteiger partial charge in [0.25, 0.3) is 0 Å². The van der Waals surface area contributed by atoms with Crippen LogP contribution in [0.1, 0.15) is 17.5 Å². The van der Waals surface area contributed by atoms with Crippen molar-refractivity contribution in [2.45, 2.75) is 12.8 Å². The number of amides is 1. The lowest BCUT2D eigenvalue weighted by atomic mass is 10.1. The van der Waals surface area contributed by atoms with Crippen LogP contribution < -0.4 is 20.1 Å². The van der Waals surface area contributed by atoms with Gasteiger partial charge in [-0.15, -0.1) is 0 Å². The topological polar surface area (TPSA) is 79.8 Å². The molecule has 0 radical (unpaired) electrons. The number of carbonyl (C=O) groups is 1. The average Bonchev–Trinajstić information content (AvgIpc) is 2.71. The second-order valence-electron chi connectivity index (χ2n) is 6.26. The summed E-state index contributed by atoms with van der Waals surface area (Å²) in [4.78, 5) is 12.0. The molecule has 2 aromatic rings. The molecular weight excluding hydrogens is 356 g/mol. The van der Waals surface area contributed by atoms with Crippen LogP contribution in [0.5, 0.6) is 17.2 Å². The van der Waals surface area contributed by atoms with E-state index in [9.17, 15) is 9.90 Å². The van der Waals surface area contributed by atoms with Gasteiger partial charge in [0.05, 0.1) is 13.7 Å². The lowest BCUT2D eigenvalue weighted by Gasteiger charge is -2.11. The number of methoxy groups -OCH3 is 1. The maximum absolute atomic E-state index is 12.0. The number of nitrogens with one attached hydrogen (secondary N) is 2. The molecule has 3 N–H and O–H groups in total. The summed E-state index contributed by atoms with van der Waals surface area (Å²) < 4.78 is 11.1. The molecule has 1 amide bonds. The maximum Gasteiger partial charge on any atom is 0.244 e. The van der Waals surface area contributed by atoms with Crippen LogP contribution in [0.4, 0.5) is 0 Å². The molecule has 0 aliphatic carbocycles. The van der Waals surface area contributed by atoms with Gasteiger partial charge in [0, 0.05) is 12.6 Å². The molecule has 6 heteroatoms. The van der Waals surface area contributed by atoms with Crippen LogP contribution in [0.3, 0.4) is 0 Å². The quantitative estimate of drug-likeness (QED) is 0.410. The van der Waals surface area contributed by atoms with Gasteiger partial charge in [0.15, 0.2) is 11.5 Å². The van der Waals surface area contributed by atoms with Crippen molar-refractivity contribution in [3.63, 3.8) is 0 Å². The SMILES string of the molecule is CNCCCOc1cc(C=CC(=O)NCCc2ccc(O)cc2)ccc1OC. The van der Waals surface area contributed by atoms with Crippen LogP contribution in [0.2, 0.25) is 0 Å². The first kappa shape index (κ1) is 21.3. The molecule has 0 heterocycles. The molecule has 0 aliphatic rings. The summed E-state index contributed by atoms with van der Waals surface area (Å²) in [7, 11) is 3.51. The Balaban J connectivity index is 1.85. The van der Waals surface area contributed by atoms with E-state index in [1.807, 2.05) is 37.4 Å². The van der Waals surface area contributed by atoms with E-state index < -0.39 is 0 Å². The highest BCUT2D eigenvalue weighted by Crippen LogP contribution is 2.28. The highest BCUT2D eigenvalue weighted by atomic mass is 16.5. The second-order valence-corrected chi connectivity index (χ2v) is 6.26. The zero-order valence-corrected chi connectivity index (χ0v) is 16.4. The molecule has 0 aromatic heterocycles. The number of hydrogen-bond acceptors (Lipinski definition) is 5. The Bertz CT molecular complexity index is 773. The monoisotopic (exact) mass is 384 g/mol. The van der Waals surface area contributed by atoms with Crippen molar-refractivity contribution >= 4 is 12.0 Å². The Morgan fingerprint density at radius 1 is 1.11 bits per heavy atom. The third kappa shape index (κ3) is 7.32. The van der Waals surface area contributed by atoms with E-state index in [-0.39, 0.29) is 11.7 Å². The Kier molecular flexibility index (Phi) is 8.88. The number of hydrogen-bond donors (Lipinski definition) is 3. The van der Waals surface area contributed by atoms with Crippen molar-refractivity contribution in [1.29, 1.82) is 0 Å². The summed E-state index contributed by atoms with van der Waals surface area (Å²) in [5.74, 6) is 1.40. The first-order chi connectivity index (χ1) is 13.6. The molecule has 0 fully saturated rings. The molecule has 6 nitrogen and oxygen atoms in total. The van der Waals surface area contributed by atoms with Gasteiger partial charge in [-0.25, -0.2) is 0 Å². The number of ether oxygens (including phenoxy) is 2. The molecule has 28 heavy (non-hydrogen) atoms. The molecule has 2 rings (SSSR count). The Labute approximate surface area is 166 Å². The summed E-state index contributed by atoms with van der Waals surface area (Å²) in [5.41, 5.74) is 1.91. The Morgan fingerprint density at radius 2 is 1.89 bits per heavy atom. The fourth-order valence-electron chi connectivity index (χ4n) is 2.56. The zero-order chi connectivity index (χ0) is 20.2. The van der Waals surface area contributed by atoms with Gasteiger partial charge in [-0.2, -0.15) is 0 Å². The minimum absolute atomic E-state index is 0.161. The average molecular weight is 384 g/mol. The summed E-state index contributed by atoms with van der Waals surface area (Å²) in [6.07, 6.45) is 4.84. The van der Waals surface area contributed by atoms with Gasteiger partial charge in [-0.05, 0) is 67.9 Å². The Morgan fingerprint density at radius 3 is 2.61 bits per heavy atom. The highest BCUT2D eigenvalue weighted by Gasteiger charge is 2.05. The zero-order valence-electron chi connectivity index (χ0n) is 16.4. The molecule has 0 unspecified atom stereocenters. The normalized spacial score (nSPS) is 10.8. The van der Waals surface area contributed by atoms with Crippen LogP contribution in [0.15, 0.2) is 48.5 Å². The standard InChI is InChI=1S/C22H28N2O4/c1-23-13-3-15-28-21-16-18(6-10-20(21)27-2)7-11-22(26)24-14-12-17-4-8-19(25)9-5-17/h4-11,16,23,25H,3,12-15H2,1-2H3,(H,24,26). The molecule has 0 spiro atoms. The van der Waals surface area contributed by atoms with Gasteiger partial charge < -0.3 is 25.2 Å². The third-order valence-electron chi connectivity index (χ3n) is 4.09. The van der Waals surface area contributed by atoms with E-state index in [1.54, 1.807) is 25.3 Å². The fourth-order valence-corrected chi connectivity index (χ4v) is 2.56. The van der Waals surface area contributed by atoms with E-state index in [4.69, 9.17) is 9.47 Å². The van der Waals surface area contributed by atoms with Crippen LogP contribution in [-0.2, 0) is 11.2 Å². The van der Waals surface area contributed by atoms with Crippen LogP contribution in [0, 0.1) is 0 Å². The van der Waals surface area contributed by atoms with E-state index in [0.717, 1.165) is 24.1 Å². The van der Waals surface area contributed by atoms with Gasteiger partial charge in [0.1, 0.15) is 5.75 Å². The van der Waals surface area contributed by atoms with Crippen molar-refractivity contribution in [2.24, 2.45) is 0 Å². The van der Waals surface area contributed by atoms with E-state index in [0.29, 0.717) is 31.1 Å². The maximum atomic E-state index is 12.0. The first-order valence-corrected chi connectivity index (χ1v) is 9.31. The number of phenolic OH excluding ortho intramolecular Hbond substituents is 1. The third-order valence-corrected chi connectivity index (χ3v) is 4.09. The van der Waals surface area contributed by atoms with Crippen LogP contribution in [0.25, 0.3) is 6.08 Å². The van der Waals surface area contributed by atoms with Crippen molar-refractivity contribution in [1.82, 2.24) is 10.6 Å². The minimum atomic E-state index is -0.161. The molecule has 150 valence electrons. The first-order valence-electron chi connectivity index (χ1n) is 9.31.